The maximum absolute atomic E-state index is 12.4. The molecular formula is C21H23ClN4O3. The maximum atomic E-state index is 12.4. The summed E-state index contributed by atoms with van der Waals surface area (Å²) in [5.41, 5.74) is 0.977. The highest BCUT2D eigenvalue weighted by Crippen LogP contribution is 2.39. The van der Waals surface area contributed by atoms with E-state index in [4.69, 9.17) is 11.6 Å². The Morgan fingerprint density at radius 1 is 1.14 bits per heavy atom. The first-order valence-corrected chi connectivity index (χ1v) is 9.81. The second-order valence-electron chi connectivity index (χ2n) is 6.53. The Balaban J connectivity index is 1.95. The number of hydrogen-bond acceptors (Lipinski definition) is 5. The predicted molar refractivity (Wildman–Crippen MR) is 113 cm³/mol. The summed E-state index contributed by atoms with van der Waals surface area (Å²) in [6.45, 7) is 7.36. The van der Waals surface area contributed by atoms with Gasteiger partial charge in [0.25, 0.3) is 5.91 Å². The molecule has 3 aromatic rings. The van der Waals surface area contributed by atoms with Crippen molar-refractivity contribution in [1.29, 1.82) is 0 Å². The number of para-hydroxylation sites is 1. The van der Waals surface area contributed by atoms with Gasteiger partial charge in [-0.05, 0) is 37.4 Å². The number of rotatable bonds is 7. The summed E-state index contributed by atoms with van der Waals surface area (Å²) < 4.78 is 1.77. The molecule has 0 aliphatic carbocycles. The molecule has 0 unspecified atom stereocenters. The summed E-state index contributed by atoms with van der Waals surface area (Å²) in [6.07, 6.45) is 0. The number of azo groups is 1. The van der Waals surface area contributed by atoms with Crippen LogP contribution in [0.3, 0.4) is 0 Å². The van der Waals surface area contributed by atoms with Crippen molar-refractivity contribution in [3.8, 4) is 11.6 Å². The minimum atomic E-state index is -0.746. The van der Waals surface area contributed by atoms with E-state index in [0.29, 0.717) is 17.0 Å². The summed E-state index contributed by atoms with van der Waals surface area (Å²) in [5.74, 6) is -1.03. The van der Waals surface area contributed by atoms with E-state index in [1.54, 1.807) is 4.57 Å². The molecule has 1 aromatic heterocycles. The highest BCUT2D eigenvalue weighted by Gasteiger charge is 2.18. The van der Waals surface area contributed by atoms with Crippen molar-refractivity contribution >= 4 is 34.1 Å². The number of hydrogen-bond donors (Lipinski definition) is 2. The third-order valence-corrected chi connectivity index (χ3v) is 5.12. The van der Waals surface area contributed by atoms with E-state index >= 15 is 0 Å². The van der Waals surface area contributed by atoms with Crippen LogP contribution < -0.4 is 0 Å². The zero-order valence-electron chi connectivity index (χ0n) is 16.3. The number of amides is 1. The molecule has 7 nitrogen and oxygen atoms in total. The van der Waals surface area contributed by atoms with Crippen LogP contribution in [0, 0.1) is 0 Å². The van der Waals surface area contributed by atoms with Crippen LogP contribution in [0.1, 0.15) is 24.2 Å². The summed E-state index contributed by atoms with van der Waals surface area (Å²) in [6, 6.07) is 11.5. The largest absolute Gasteiger partial charge is 0.507 e. The maximum Gasteiger partial charge on any atom is 0.299 e. The molecular weight excluding hydrogens is 392 g/mol. The van der Waals surface area contributed by atoms with Crippen molar-refractivity contribution in [2.45, 2.75) is 20.4 Å². The van der Waals surface area contributed by atoms with Gasteiger partial charge in [0.15, 0.2) is 5.69 Å². The van der Waals surface area contributed by atoms with Gasteiger partial charge in [-0.1, -0.05) is 43.6 Å². The second-order valence-corrected chi connectivity index (χ2v) is 6.97. The zero-order chi connectivity index (χ0) is 21.0. The first-order valence-electron chi connectivity index (χ1n) is 9.43. The van der Waals surface area contributed by atoms with Crippen molar-refractivity contribution < 1.29 is 15.0 Å². The van der Waals surface area contributed by atoms with E-state index in [0.717, 1.165) is 25.2 Å². The van der Waals surface area contributed by atoms with Crippen LogP contribution >= 0.6 is 11.6 Å². The molecule has 0 radical (unpaired) electrons. The number of benzene rings is 2. The van der Waals surface area contributed by atoms with E-state index in [1.807, 2.05) is 24.3 Å². The monoisotopic (exact) mass is 414 g/mol. The van der Waals surface area contributed by atoms with Crippen LogP contribution in [0.2, 0.25) is 5.02 Å². The minimum absolute atomic E-state index is 0.0500. The molecule has 0 saturated carbocycles. The zero-order valence-corrected chi connectivity index (χ0v) is 17.1. The van der Waals surface area contributed by atoms with E-state index < -0.39 is 5.91 Å². The third kappa shape index (κ3) is 4.41. The fraction of sp³-hybridized carbons (Fsp3) is 0.286. The standard InChI is InChI=1S/C21H23ClN4O3/c1-3-25(4-2)11-12-26-17-8-6-5-7-15(17)19(21(26)29)23-24-20(28)16-13-14(22)9-10-18(16)27/h5-10,13,27,29H,3-4,11-12H2,1-2H3. The number of aromatic hydroxyl groups is 2. The van der Waals surface area contributed by atoms with Crippen LogP contribution in [0.25, 0.3) is 10.9 Å². The number of aromatic nitrogens is 1. The summed E-state index contributed by atoms with van der Waals surface area (Å²) in [4.78, 5) is 14.6. The average Bonchev–Trinajstić information content (AvgIpc) is 3.00. The fourth-order valence-corrected chi connectivity index (χ4v) is 3.38. The van der Waals surface area contributed by atoms with Crippen LogP contribution in [-0.2, 0) is 6.54 Å². The molecule has 0 bridgehead atoms. The number of carbonyl (C=O) groups excluding carboxylic acids is 1. The Morgan fingerprint density at radius 2 is 1.86 bits per heavy atom. The molecule has 0 aliphatic rings. The molecule has 2 aromatic carbocycles. The first kappa shape index (κ1) is 20.8. The molecule has 1 heterocycles. The van der Waals surface area contributed by atoms with Crippen LogP contribution in [0.4, 0.5) is 5.69 Å². The summed E-state index contributed by atoms with van der Waals surface area (Å²) in [5, 5.41) is 29.3. The summed E-state index contributed by atoms with van der Waals surface area (Å²) >= 11 is 5.89. The molecule has 1 amide bonds. The molecule has 2 N–H and O–H groups in total. The van der Waals surface area contributed by atoms with Gasteiger partial charge in [0.1, 0.15) is 5.75 Å². The van der Waals surface area contributed by atoms with Gasteiger partial charge in [-0.25, -0.2) is 0 Å². The lowest BCUT2D eigenvalue weighted by Crippen LogP contribution is -2.26. The number of phenolic OH excluding ortho intramolecular Hbond substituents is 1. The van der Waals surface area contributed by atoms with Crippen LogP contribution in [0.15, 0.2) is 52.7 Å². The number of phenols is 1. The minimum Gasteiger partial charge on any atom is -0.507 e. The van der Waals surface area contributed by atoms with Gasteiger partial charge in [0.2, 0.25) is 5.88 Å². The normalized spacial score (nSPS) is 11.7. The van der Waals surface area contributed by atoms with Crippen molar-refractivity contribution in [2.75, 3.05) is 19.6 Å². The SMILES string of the molecule is CCN(CC)CCn1c(O)c(N=NC(=O)c2cc(Cl)ccc2O)c2ccccc21. The van der Waals surface area contributed by atoms with Gasteiger partial charge >= 0.3 is 0 Å². The first-order chi connectivity index (χ1) is 14.0. The average molecular weight is 415 g/mol. The molecule has 0 spiro atoms. The van der Waals surface area contributed by atoms with E-state index in [2.05, 4.69) is 29.0 Å². The van der Waals surface area contributed by atoms with E-state index in [1.165, 1.54) is 18.2 Å². The Morgan fingerprint density at radius 3 is 2.59 bits per heavy atom. The third-order valence-electron chi connectivity index (χ3n) is 4.88. The molecule has 0 fully saturated rings. The number of likely N-dealkylation sites (N-methyl/N-ethyl adjacent to an activating group) is 1. The lowest BCUT2D eigenvalue weighted by molar-refractivity contribution is 0.0992. The van der Waals surface area contributed by atoms with Crippen molar-refractivity contribution in [2.24, 2.45) is 10.2 Å². The molecule has 8 heteroatoms. The van der Waals surface area contributed by atoms with Gasteiger partial charge < -0.3 is 19.7 Å². The predicted octanol–water partition coefficient (Wildman–Crippen LogP) is 4.97. The van der Waals surface area contributed by atoms with Crippen molar-refractivity contribution in [3.63, 3.8) is 0 Å². The number of carbonyl (C=O) groups is 1. The number of nitrogens with zero attached hydrogens (tertiary/aromatic N) is 4. The highest BCUT2D eigenvalue weighted by molar-refractivity contribution is 6.31. The van der Waals surface area contributed by atoms with Crippen LogP contribution in [-0.4, -0.2) is 45.2 Å². The van der Waals surface area contributed by atoms with Gasteiger partial charge in [-0.2, -0.15) is 0 Å². The number of fused-ring (bicyclic) bond motifs is 1. The Kier molecular flexibility index (Phi) is 6.51. The molecule has 3 rings (SSSR count). The Labute approximate surface area is 173 Å². The smallest absolute Gasteiger partial charge is 0.299 e. The molecule has 0 aliphatic heterocycles. The number of halogens is 1. The quantitative estimate of drug-likeness (QED) is 0.534. The fourth-order valence-electron chi connectivity index (χ4n) is 3.21. The molecule has 0 saturated heterocycles. The van der Waals surface area contributed by atoms with Crippen molar-refractivity contribution in [3.05, 3.63) is 53.1 Å². The van der Waals surface area contributed by atoms with Gasteiger partial charge in [-0.15, -0.1) is 10.2 Å². The highest BCUT2D eigenvalue weighted by atomic mass is 35.5. The molecule has 29 heavy (non-hydrogen) atoms. The van der Waals surface area contributed by atoms with Crippen molar-refractivity contribution in [1.82, 2.24) is 9.47 Å². The Bertz CT molecular complexity index is 1060. The van der Waals surface area contributed by atoms with E-state index in [-0.39, 0.29) is 22.9 Å². The lowest BCUT2D eigenvalue weighted by Gasteiger charge is -2.18. The lowest BCUT2D eigenvalue weighted by atomic mass is 10.2. The second kappa shape index (κ2) is 9.07. The van der Waals surface area contributed by atoms with Crippen LogP contribution in [0.5, 0.6) is 11.6 Å². The van der Waals surface area contributed by atoms with Gasteiger partial charge in [-0.3, -0.25) is 4.79 Å². The topological polar surface area (TPSA) is 90.4 Å². The van der Waals surface area contributed by atoms with Gasteiger partial charge in [0.05, 0.1) is 11.1 Å². The Hall–Kier alpha value is -2.90. The summed E-state index contributed by atoms with van der Waals surface area (Å²) in [7, 11) is 0. The molecule has 152 valence electrons. The molecule has 0 atom stereocenters. The van der Waals surface area contributed by atoms with E-state index in [9.17, 15) is 15.0 Å². The van der Waals surface area contributed by atoms with Gasteiger partial charge in [0, 0.05) is 23.5 Å².